The first kappa shape index (κ1) is 15.3. The normalized spacial score (nSPS) is 40.9. The first-order chi connectivity index (χ1) is 9.57. The van der Waals surface area contributed by atoms with Gasteiger partial charge in [0, 0.05) is 18.0 Å². The van der Waals surface area contributed by atoms with Crippen LogP contribution in [0.4, 0.5) is 13.2 Å². The van der Waals surface area contributed by atoms with Crippen LogP contribution in [0.2, 0.25) is 0 Å². The number of likely N-dealkylation sites (tertiary alicyclic amines) is 1. The second-order valence-corrected chi connectivity index (χ2v) is 7.78. The number of halogens is 4. The zero-order valence-electron chi connectivity index (χ0n) is 11.8. The lowest BCUT2D eigenvalue weighted by molar-refractivity contribution is -0.315. The van der Waals surface area contributed by atoms with Crippen LogP contribution in [-0.4, -0.2) is 32.8 Å². The monoisotopic (exact) mass is 363 g/mol. The summed E-state index contributed by atoms with van der Waals surface area (Å²) in [5.41, 5.74) is -2.63. The fraction of sp³-hybridized carbons (Fsp3) is 0.600. The van der Waals surface area contributed by atoms with Crippen LogP contribution in [0.3, 0.4) is 0 Å². The molecule has 2 fully saturated rings. The van der Waals surface area contributed by atoms with Crippen LogP contribution in [0.1, 0.15) is 31.9 Å². The molecule has 0 aromatic heterocycles. The summed E-state index contributed by atoms with van der Waals surface area (Å²) in [6.07, 6.45) is -4.39. The van der Waals surface area contributed by atoms with E-state index < -0.39 is 27.7 Å². The topological polar surface area (TPSA) is 23.5 Å². The summed E-state index contributed by atoms with van der Waals surface area (Å²) >= 11 is 3.20. The van der Waals surface area contributed by atoms with E-state index in [4.69, 9.17) is 0 Å². The van der Waals surface area contributed by atoms with Gasteiger partial charge < -0.3 is 5.11 Å². The van der Waals surface area contributed by atoms with Gasteiger partial charge in [-0.25, -0.2) is 0 Å². The minimum atomic E-state index is -4.71. The first-order valence-electron chi connectivity index (χ1n) is 6.86. The summed E-state index contributed by atoms with van der Waals surface area (Å²) in [7, 11) is 0. The van der Waals surface area contributed by atoms with E-state index in [1.54, 1.807) is 38.1 Å². The Morgan fingerprint density at radius 2 is 1.86 bits per heavy atom. The Bertz CT molecular complexity index is 566. The Morgan fingerprint density at radius 1 is 1.29 bits per heavy atom. The van der Waals surface area contributed by atoms with E-state index in [-0.39, 0.29) is 6.54 Å². The van der Waals surface area contributed by atoms with Crippen molar-refractivity contribution in [3.05, 3.63) is 35.9 Å². The van der Waals surface area contributed by atoms with Crippen LogP contribution in [0, 0.1) is 5.41 Å². The molecule has 116 valence electrons. The summed E-state index contributed by atoms with van der Waals surface area (Å²) < 4.78 is 39.6. The number of piperidine rings is 1. The highest BCUT2D eigenvalue weighted by atomic mass is 79.9. The Balaban J connectivity index is 2.03. The van der Waals surface area contributed by atoms with Crippen molar-refractivity contribution in [3.63, 3.8) is 0 Å². The van der Waals surface area contributed by atoms with Crippen molar-refractivity contribution < 1.29 is 18.3 Å². The molecule has 4 atom stereocenters. The van der Waals surface area contributed by atoms with Crippen LogP contribution < -0.4 is 0 Å². The van der Waals surface area contributed by atoms with Crippen LogP contribution in [0.15, 0.2) is 30.3 Å². The molecule has 1 saturated carbocycles. The molecule has 2 nitrogen and oxygen atoms in total. The van der Waals surface area contributed by atoms with Crippen molar-refractivity contribution in [3.8, 4) is 0 Å². The van der Waals surface area contributed by atoms with Gasteiger partial charge in [-0.3, -0.25) is 4.90 Å². The van der Waals surface area contributed by atoms with Gasteiger partial charge in [-0.2, -0.15) is 13.2 Å². The van der Waals surface area contributed by atoms with Gasteiger partial charge in [0.2, 0.25) is 5.72 Å². The zero-order valence-corrected chi connectivity index (χ0v) is 13.4. The molecule has 0 spiro atoms. The molecule has 21 heavy (non-hydrogen) atoms. The van der Waals surface area contributed by atoms with Gasteiger partial charge in [-0.1, -0.05) is 53.2 Å². The minimum absolute atomic E-state index is 0.213. The molecule has 0 unspecified atom stereocenters. The smallest absolute Gasteiger partial charge is 0.366 e. The van der Waals surface area contributed by atoms with Gasteiger partial charge in [0.1, 0.15) is 0 Å². The van der Waals surface area contributed by atoms with E-state index in [2.05, 4.69) is 15.9 Å². The second-order valence-electron chi connectivity index (χ2n) is 6.42. The summed E-state index contributed by atoms with van der Waals surface area (Å²) in [6.45, 7) is 3.71. The number of aliphatic hydroxyl groups is 1. The third kappa shape index (κ3) is 1.79. The third-order valence-corrected chi connectivity index (χ3v) is 6.89. The predicted molar refractivity (Wildman–Crippen MR) is 76.9 cm³/mol. The number of fused-ring (bicyclic) bond motifs is 1. The molecule has 1 aromatic carbocycles. The molecule has 1 aromatic rings. The molecule has 1 aliphatic carbocycles. The van der Waals surface area contributed by atoms with Crippen LogP contribution >= 0.6 is 15.9 Å². The number of benzene rings is 1. The van der Waals surface area contributed by atoms with Gasteiger partial charge in [0.15, 0.2) is 0 Å². The van der Waals surface area contributed by atoms with Crippen molar-refractivity contribution in [1.82, 2.24) is 4.90 Å². The lowest BCUT2D eigenvalue weighted by Gasteiger charge is -2.43. The SMILES string of the molecule is C[C@H](c1ccccc1)N1C[C@@]2(C)C[C@@]2(Br)[C@@]1(O)C(F)(F)F. The number of rotatable bonds is 2. The molecular formula is C15H17BrF3NO. The average molecular weight is 364 g/mol. The minimum Gasteiger partial charge on any atom is -0.366 e. The van der Waals surface area contributed by atoms with Crippen molar-refractivity contribution in [2.45, 2.75) is 42.5 Å². The first-order valence-corrected chi connectivity index (χ1v) is 7.66. The van der Waals surface area contributed by atoms with E-state index in [0.717, 1.165) is 5.56 Å². The summed E-state index contributed by atoms with van der Waals surface area (Å²) in [4.78, 5) is 1.18. The maximum Gasteiger partial charge on any atom is 0.432 e. The third-order valence-electron chi connectivity index (χ3n) is 5.10. The number of nitrogens with zero attached hydrogens (tertiary/aromatic N) is 1. The Hall–Kier alpha value is -0.590. The summed E-state index contributed by atoms with van der Waals surface area (Å²) in [5.74, 6) is 0. The Labute approximate surface area is 130 Å². The van der Waals surface area contributed by atoms with Gasteiger partial charge in [-0.05, 0) is 18.9 Å². The van der Waals surface area contributed by atoms with Crippen molar-refractivity contribution in [1.29, 1.82) is 0 Å². The number of hydrogen-bond acceptors (Lipinski definition) is 2. The highest BCUT2D eigenvalue weighted by Gasteiger charge is 2.87. The molecule has 1 saturated heterocycles. The molecule has 6 heteroatoms. The molecule has 0 bridgehead atoms. The predicted octanol–water partition coefficient (Wildman–Crippen LogP) is 3.86. The number of hydrogen-bond donors (Lipinski definition) is 1. The molecule has 1 N–H and O–H groups in total. The molecule has 0 radical (unpaired) electrons. The molecule has 3 rings (SSSR count). The van der Waals surface area contributed by atoms with E-state index in [9.17, 15) is 18.3 Å². The summed E-state index contributed by atoms with van der Waals surface area (Å²) in [6, 6.07) is 8.46. The molecule has 1 heterocycles. The Morgan fingerprint density at radius 3 is 2.38 bits per heavy atom. The van der Waals surface area contributed by atoms with E-state index >= 15 is 0 Å². The fourth-order valence-electron chi connectivity index (χ4n) is 3.65. The van der Waals surface area contributed by atoms with Crippen molar-refractivity contribution in [2.75, 3.05) is 6.54 Å². The van der Waals surface area contributed by atoms with E-state index in [1.165, 1.54) is 4.90 Å². The molecular weight excluding hydrogens is 347 g/mol. The van der Waals surface area contributed by atoms with E-state index in [1.807, 2.05) is 6.07 Å². The van der Waals surface area contributed by atoms with Gasteiger partial charge in [0.05, 0.1) is 4.32 Å². The van der Waals surface area contributed by atoms with Crippen molar-refractivity contribution in [2.24, 2.45) is 5.41 Å². The van der Waals surface area contributed by atoms with Crippen LogP contribution in [0.25, 0.3) is 0 Å². The van der Waals surface area contributed by atoms with Gasteiger partial charge in [0.25, 0.3) is 0 Å². The molecule has 1 aliphatic heterocycles. The summed E-state index contributed by atoms with van der Waals surface area (Å²) in [5, 5.41) is 10.6. The van der Waals surface area contributed by atoms with Gasteiger partial charge >= 0.3 is 6.18 Å². The Kier molecular flexibility index (Phi) is 3.09. The van der Waals surface area contributed by atoms with Crippen LogP contribution in [-0.2, 0) is 0 Å². The highest BCUT2D eigenvalue weighted by Crippen LogP contribution is 2.76. The number of alkyl halides is 4. The standard InChI is InChI=1S/C15H17BrF3NO/c1-10(11-6-4-3-5-7-11)20-9-12(2)8-13(12,16)14(20,21)15(17,18)19/h3-7,10,21H,8-9H2,1-2H3/t10-,12-,13+,14-/m1/s1. The maximum absolute atomic E-state index is 13.6. The highest BCUT2D eigenvalue weighted by molar-refractivity contribution is 9.10. The lowest BCUT2D eigenvalue weighted by Crippen LogP contribution is -2.62. The molecule has 0 amide bonds. The second kappa shape index (κ2) is 4.24. The molecule has 2 aliphatic rings. The average Bonchev–Trinajstić information content (AvgIpc) is 2.92. The quantitative estimate of drug-likeness (QED) is 0.806. The largest absolute Gasteiger partial charge is 0.432 e. The zero-order chi connectivity index (χ0) is 15.7. The van der Waals surface area contributed by atoms with Crippen molar-refractivity contribution >= 4 is 15.9 Å². The van der Waals surface area contributed by atoms with Crippen LogP contribution in [0.5, 0.6) is 0 Å². The lowest BCUT2D eigenvalue weighted by atomic mass is 10.0. The maximum atomic E-state index is 13.6. The van der Waals surface area contributed by atoms with Gasteiger partial charge in [-0.15, -0.1) is 0 Å². The van der Waals surface area contributed by atoms with E-state index in [0.29, 0.717) is 6.42 Å². The fourth-order valence-corrected chi connectivity index (χ4v) is 4.85.